The SMILES string of the molecule is CC1CCCN(c2cnn(CCC#N)c(=O)c2)C1. The highest BCUT2D eigenvalue weighted by molar-refractivity contribution is 5.43. The summed E-state index contributed by atoms with van der Waals surface area (Å²) in [5, 5.41) is 12.6. The molecular weight excluding hydrogens is 228 g/mol. The molecule has 1 aliphatic heterocycles. The van der Waals surface area contributed by atoms with Crippen LogP contribution in [0.2, 0.25) is 0 Å². The highest BCUT2D eigenvalue weighted by Gasteiger charge is 2.17. The van der Waals surface area contributed by atoms with Crippen molar-refractivity contribution in [2.45, 2.75) is 32.7 Å². The molecule has 1 fully saturated rings. The van der Waals surface area contributed by atoms with Gasteiger partial charge in [-0.3, -0.25) is 4.79 Å². The summed E-state index contributed by atoms with van der Waals surface area (Å²) in [6.07, 6.45) is 4.46. The molecular formula is C13H18N4O. The lowest BCUT2D eigenvalue weighted by atomic mass is 10.00. The molecule has 5 nitrogen and oxygen atoms in total. The molecule has 0 radical (unpaired) electrons. The van der Waals surface area contributed by atoms with Crippen molar-refractivity contribution >= 4 is 5.69 Å². The number of aryl methyl sites for hydroxylation is 1. The Labute approximate surface area is 107 Å². The van der Waals surface area contributed by atoms with E-state index in [0.29, 0.717) is 18.9 Å². The fraction of sp³-hybridized carbons (Fsp3) is 0.615. The fourth-order valence-electron chi connectivity index (χ4n) is 2.34. The van der Waals surface area contributed by atoms with Crippen LogP contribution in [-0.2, 0) is 6.54 Å². The van der Waals surface area contributed by atoms with E-state index < -0.39 is 0 Å². The third kappa shape index (κ3) is 2.89. The van der Waals surface area contributed by atoms with Crippen molar-refractivity contribution < 1.29 is 0 Å². The van der Waals surface area contributed by atoms with E-state index in [1.807, 2.05) is 6.07 Å². The number of anilines is 1. The van der Waals surface area contributed by atoms with Crippen LogP contribution in [0.3, 0.4) is 0 Å². The summed E-state index contributed by atoms with van der Waals surface area (Å²) in [4.78, 5) is 14.1. The van der Waals surface area contributed by atoms with Crippen LogP contribution in [0.4, 0.5) is 5.69 Å². The first-order valence-corrected chi connectivity index (χ1v) is 6.40. The lowest BCUT2D eigenvalue weighted by Crippen LogP contribution is -2.35. The monoisotopic (exact) mass is 246 g/mol. The quantitative estimate of drug-likeness (QED) is 0.808. The third-order valence-electron chi connectivity index (χ3n) is 3.31. The summed E-state index contributed by atoms with van der Waals surface area (Å²) in [7, 11) is 0. The number of hydrogen-bond donors (Lipinski definition) is 0. The Kier molecular flexibility index (Phi) is 3.98. The Hall–Kier alpha value is -1.83. The van der Waals surface area contributed by atoms with E-state index in [4.69, 9.17) is 5.26 Å². The van der Waals surface area contributed by atoms with Gasteiger partial charge in [-0.15, -0.1) is 0 Å². The first kappa shape index (κ1) is 12.6. The highest BCUT2D eigenvalue weighted by Crippen LogP contribution is 2.20. The Morgan fingerprint density at radius 1 is 1.61 bits per heavy atom. The minimum absolute atomic E-state index is 0.124. The molecule has 1 saturated heterocycles. The van der Waals surface area contributed by atoms with E-state index >= 15 is 0 Å². The average molecular weight is 246 g/mol. The number of rotatable bonds is 3. The van der Waals surface area contributed by atoms with Crippen molar-refractivity contribution in [1.29, 1.82) is 5.26 Å². The van der Waals surface area contributed by atoms with Gasteiger partial charge in [-0.25, -0.2) is 4.68 Å². The summed E-state index contributed by atoms with van der Waals surface area (Å²) < 4.78 is 1.35. The van der Waals surface area contributed by atoms with Gasteiger partial charge in [0.2, 0.25) is 0 Å². The number of hydrogen-bond acceptors (Lipinski definition) is 4. The molecule has 2 heterocycles. The Balaban J connectivity index is 2.13. The molecule has 0 amide bonds. The fourth-order valence-corrected chi connectivity index (χ4v) is 2.34. The van der Waals surface area contributed by atoms with Gasteiger partial charge < -0.3 is 4.90 Å². The zero-order valence-corrected chi connectivity index (χ0v) is 10.7. The predicted octanol–water partition coefficient (Wildman–Crippen LogP) is 1.39. The van der Waals surface area contributed by atoms with Gasteiger partial charge in [0.25, 0.3) is 5.56 Å². The van der Waals surface area contributed by atoms with Crippen molar-refractivity contribution in [3.8, 4) is 6.07 Å². The molecule has 18 heavy (non-hydrogen) atoms. The van der Waals surface area contributed by atoms with Crippen molar-refractivity contribution in [2.75, 3.05) is 18.0 Å². The normalized spacial score (nSPS) is 19.6. The molecule has 1 aliphatic rings. The van der Waals surface area contributed by atoms with Crippen molar-refractivity contribution in [1.82, 2.24) is 9.78 Å². The Morgan fingerprint density at radius 3 is 3.11 bits per heavy atom. The van der Waals surface area contributed by atoms with Gasteiger partial charge in [0, 0.05) is 19.2 Å². The Bertz CT molecular complexity index is 502. The third-order valence-corrected chi connectivity index (χ3v) is 3.31. The molecule has 0 aromatic carbocycles. The Morgan fingerprint density at radius 2 is 2.44 bits per heavy atom. The second-order valence-electron chi connectivity index (χ2n) is 4.88. The zero-order chi connectivity index (χ0) is 13.0. The summed E-state index contributed by atoms with van der Waals surface area (Å²) >= 11 is 0. The molecule has 1 aromatic heterocycles. The maximum atomic E-state index is 11.8. The second kappa shape index (κ2) is 5.67. The van der Waals surface area contributed by atoms with Crippen LogP contribution in [0, 0.1) is 17.2 Å². The smallest absolute Gasteiger partial charge is 0.268 e. The summed E-state index contributed by atoms with van der Waals surface area (Å²) in [6.45, 7) is 4.58. The van der Waals surface area contributed by atoms with Gasteiger partial charge in [0.15, 0.2) is 0 Å². The van der Waals surface area contributed by atoms with E-state index in [0.717, 1.165) is 18.8 Å². The van der Waals surface area contributed by atoms with E-state index in [1.165, 1.54) is 17.5 Å². The average Bonchev–Trinajstić information content (AvgIpc) is 2.37. The van der Waals surface area contributed by atoms with Gasteiger partial charge in [-0.1, -0.05) is 6.92 Å². The minimum atomic E-state index is -0.124. The number of aromatic nitrogens is 2. The number of nitriles is 1. The van der Waals surface area contributed by atoms with E-state index in [1.54, 1.807) is 12.3 Å². The first-order chi connectivity index (χ1) is 8.70. The standard InChI is InChI=1S/C13H18N4O/c1-11-4-2-6-16(10-11)12-8-13(18)17(15-9-12)7-3-5-14/h8-9,11H,2-4,6-7,10H2,1H3. The first-order valence-electron chi connectivity index (χ1n) is 6.40. The molecule has 0 saturated carbocycles. The molecule has 96 valence electrons. The lowest BCUT2D eigenvalue weighted by molar-refractivity contribution is 0.445. The zero-order valence-electron chi connectivity index (χ0n) is 10.7. The van der Waals surface area contributed by atoms with E-state index in [9.17, 15) is 4.79 Å². The van der Waals surface area contributed by atoms with Crippen molar-refractivity contribution in [2.24, 2.45) is 5.92 Å². The number of piperidine rings is 1. The van der Waals surface area contributed by atoms with Crippen molar-refractivity contribution in [3.05, 3.63) is 22.6 Å². The molecule has 5 heteroatoms. The van der Waals surface area contributed by atoms with Gasteiger partial charge in [0.1, 0.15) is 0 Å². The molecule has 1 unspecified atom stereocenters. The summed E-state index contributed by atoms with van der Waals surface area (Å²) in [5.41, 5.74) is 0.778. The molecule has 0 spiro atoms. The van der Waals surface area contributed by atoms with E-state index in [2.05, 4.69) is 16.9 Å². The topological polar surface area (TPSA) is 61.9 Å². The maximum absolute atomic E-state index is 11.8. The molecule has 0 N–H and O–H groups in total. The molecule has 0 aliphatic carbocycles. The molecule has 1 aromatic rings. The van der Waals surface area contributed by atoms with Crippen LogP contribution in [0.15, 0.2) is 17.1 Å². The van der Waals surface area contributed by atoms with Crippen LogP contribution >= 0.6 is 0 Å². The highest BCUT2D eigenvalue weighted by atomic mass is 16.1. The van der Waals surface area contributed by atoms with Gasteiger partial charge >= 0.3 is 0 Å². The summed E-state index contributed by atoms with van der Waals surface area (Å²) in [6, 6.07) is 3.64. The van der Waals surface area contributed by atoms with Crippen LogP contribution in [0.1, 0.15) is 26.2 Å². The van der Waals surface area contributed by atoms with Crippen LogP contribution in [-0.4, -0.2) is 22.9 Å². The lowest BCUT2D eigenvalue weighted by Gasteiger charge is -2.32. The number of nitrogens with zero attached hydrogens (tertiary/aromatic N) is 4. The van der Waals surface area contributed by atoms with Crippen LogP contribution < -0.4 is 10.5 Å². The largest absolute Gasteiger partial charge is 0.370 e. The molecule has 0 bridgehead atoms. The van der Waals surface area contributed by atoms with E-state index in [-0.39, 0.29) is 5.56 Å². The minimum Gasteiger partial charge on any atom is -0.370 e. The molecule has 2 rings (SSSR count). The van der Waals surface area contributed by atoms with Crippen molar-refractivity contribution in [3.63, 3.8) is 0 Å². The van der Waals surface area contributed by atoms with Gasteiger partial charge in [-0.05, 0) is 18.8 Å². The summed E-state index contributed by atoms with van der Waals surface area (Å²) in [5.74, 6) is 0.666. The van der Waals surface area contributed by atoms with Crippen LogP contribution in [0.25, 0.3) is 0 Å². The van der Waals surface area contributed by atoms with Gasteiger partial charge in [0.05, 0.1) is 30.9 Å². The van der Waals surface area contributed by atoms with Crippen LogP contribution in [0.5, 0.6) is 0 Å². The second-order valence-corrected chi connectivity index (χ2v) is 4.88. The maximum Gasteiger partial charge on any atom is 0.268 e. The van der Waals surface area contributed by atoms with Gasteiger partial charge in [-0.2, -0.15) is 10.4 Å². The molecule has 1 atom stereocenters. The predicted molar refractivity (Wildman–Crippen MR) is 69.3 cm³/mol.